The fraction of sp³-hybridized carbons (Fsp3) is 0.222. The van der Waals surface area contributed by atoms with Crippen LogP contribution in [0.5, 0.6) is 0 Å². The Morgan fingerprint density at radius 3 is 2.56 bits per heavy atom. The number of Topliss-reactive ketones (excluding diaryl/α,β-unsaturated/α-hetero) is 1. The predicted octanol–water partition coefficient (Wildman–Crippen LogP) is 1.57. The molecule has 1 atom stereocenters. The van der Waals surface area contributed by atoms with Crippen LogP contribution in [0.4, 0.5) is 0 Å². The summed E-state index contributed by atoms with van der Waals surface area (Å²) >= 11 is 0. The predicted molar refractivity (Wildman–Crippen MR) is 94.3 cm³/mol. The lowest BCUT2D eigenvalue weighted by Gasteiger charge is -2.32. The third kappa shape index (κ3) is 3.40. The molecule has 0 fully saturated rings. The molecule has 1 aliphatic heterocycles. The molecule has 0 bridgehead atoms. The quantitative estimate of drug-likeness (QED) is 0.889. The van der Waals surface area contributed by atoms with Crippen LogP contribution in [0.3, 0.4) is 0 Å². The molecule has 1 heterocycles. The van der Waals surface area contributed by atoms with Gasteiger partial charge in [0.2, 0.25) is 10.0 Å². The molecule has 25 heavy (non-hydrogen) atoms. The molecular weight excluding hydrogens is 338 g/mol. The summed E-state index contributed by atoms with van der Waals surface area (Å²) in [5, 5.41) is 9.60. The molecule has 2 aliphatic rings. The highest BCUT2D eigenvalue weighted by Crippen LogP contribution is 2.40. The van der Waals surface area contributed by atoms with E-state index in [0.717, 1.165) is 23.0 Å². The number of rotatable bonds is 3. The van der Waals surface area contributed by atoms with Crippen LogP contribution in [-0.2, 0) is 14.8 Å². The molecule has 0 amide bonds. The Morgan fingerprint density at radius 2 is 1.96 bits per heavy atom. The van der Waals surface area contributed by atoms with Crippen molar-refractivity contribution in [3.8, 4) is 6.07 Å². The normalized spacial score (nSPS) is 20.6. The van der Waals surface area contributed by atoms with Crippen LogP contribution in [0.15, 0.2) is 59.5 Å². The molecule has 0 saturated heterocycles. The van der Waals surface area contributed by atoms with Crippen LogP contribution < -0.4 is 4.72 Å². The maximum absolute atomic E-state index is 12.3. The van der Waals surface area contributed by atoms with E-state index in [1.54, 1.807) is 24.2 Å². The number of nitriles is 1. The SMILES string of the molecule is CN1C=C2CC(=O)C(NS(C)(=O)=O)C=C2C(c2ccccc2)=C1C#N. The lowest BCUT2D eigenvalue weighted by atomic mass is 9.81. The van der Waals surface area contributed by atoms with Gasteiger partial charge in [-0.15, -0.1) is 0 Å². The first-order chi connectivity index (χ1) is 11.8. The lowest BCUT2D eigenvalue weighted by molar-refractivity contribution is -0.119. The first-order valence-corrected chi connectivity index (χ1v) is 9.55. The van der Waals surface area contributed by atoms with Gasteiger partial charge in [0.25, 0.3) is 0 Å². The highest BCUT2D eigenvalue weighted by molar-refractivity contribution is 7.88. The second-order valence-corrected chi connectivity index (χ2v) is 7.84. The van der Waals surface area contributed by atoms with E-state index in [1.165, 1.54) is 0 Å². The summed E-state index contributed by atoms with van der Waals surface area (Å²) in [6.07, 6.45) is 4.49. The monoisotopic (exact) mass is 355 g/mol. The number of carbonyl (C=O) groups is 1. The molecule has 0 radical (unpaired) electrons. The lowest BCUT2D eigenvalue weighted by Crippen LogP contribution is -2.41. The maximum atomic E-state index is 12.3. The summed E-state index contributed by atoms with van der Waals surface area (Å²) in [4.78, 5) is 14.0. The topological polar surface area (TPSA) is 90.3 Å². The van der Waals surface area contributed by atoms with Crippen LogP contribution in [0.25, 0.3) is 5.57 Å². The minimum Gasteiger partial charge on any atom is -0.342 e. The van der Waals surface area contributed by atoms with E-state index in [2.05, 4.69) is 10.8 Å². The van der Waals surface area contributed by atoms with Gasteiger partial charge in [-0.05, 0) is 16.7 Å². The van der Waals surface area contributed by atoms with Crippen molar-refractivity contribution in [1.29, 1.82) is 5.26 Å². The van der Waals surface area contributed by atoms with Crippen LogP contribution in [-0.4, -0.2) is 38.4 Å². The molecule has 0 spiro atoms. The van der Waals surface area contributed by atoms with E-state index in [9.17, 15) is 18.5 Å². The summed E-state index contributed by atoms with van der Waals surface area (Å²) in [5.74, 6) is -0.221. The highest BCUT2D eigenvalue weighted by Gasteiger charge is 2.33. The van der Waals surface area contributed by atoms with Crippen LogP contribution in [0.1, 0.15) is 12.0 Å². The molecule has 0 saturated carbocycles. The number of fused-ring (bicyclic) bond motifs is 1. The van der Waals surface area contributed by atoms with Crippen molar-refractivity contribution in [1.82, 2.24) is 9.62 Å². The number of hydrogen-bond acceptors (Lipinski definition) is 5. The number of carbonyl (C=O) groups excluding carboxylic acids is 1. The maximum Gasteiger partial charge on any atom is 0.209 e. The number of benzene rings is 1. The van der Waals surface area contributed by atoms with Crippen LogP contribution in [0.2, 0.25) is 0 Å². The largest absolute Gasteiger partial charge is 0.342 e. The first-order valence-electron chi connectivity index (χ1n) is 7.66. The molecule has 1 aliphatic carbocycles. The highest BCUT2D eigenvalue weighted by atomic mass is 32.2. The molecule has 1 unspecified atom stereocenters. The van der Waals surface area contributed by atoms with Gasteiger partial charge < -0.3 is 4.90 Å². The van der Waals surface area contributed by atoms with Crippen LogP contribution in [0, 0.1) is 11.3 Å². The molecule has 1 N–H and O–H groups in total. The van der Waals surface area contributed by atoms with Gasteiger partial charge in [0.15, 0.2) is 5.78 Å². The van der Waals surface area contributed by atoms with Crippen LogP contribution >= 0.6 is 0 Å². The number of hydrogen-bond donors (Lipinski definition) is 1. The Balaban J connectivity index is 2.18. The number of sulfonamides is 1. The Hall–Kier alpha value is -2.69. The van der Waals surface area contributed by atoms with Crippen molar-refractivity contribution < 1.29 is 13.2 Å². The van der Waals surface area contributed by atoms with E-state index in [1.807, 2.05) is 30.3 Å². The van der Waals surface area contributed by atoms with Crippen molar-refractivity contribution in [3.63, 3.8) is 0 Å². The van der Waals surface area contributed by atoms with Gasteiger partial charge in [-0.3, -0.25) is 4.79 Å². The Bertz CT molecular complexity index is 967. The summed E-state index contributed by atoms with van der Waals surface area (Å²) in [6.45, 7) is 0. The van der Waals surface area contributed by atoms with E-state index in [4.69, 9.17) is 0 Å². The van der Waals surface area contributed by atoms with Gasteiger partial charge in [0, 0.05) is 25.2 Å². The van der Waals surface area contributed by atoms with Crippen molar-refractivity contribution in [3.05, 3.63) is 65.0 Å². The number of ketones is 1. The molecule has 6 nitrogen and oxygen atoms in total. The van der Waals surface area contributed by atoms with Gasteiger partial charge in [0.1, 0.15) is 11.8 Å². The van der Waals surface area contributed by atoms with E-state index in [0.29, 0.717) is 11.3 Å². The van der Waals surface area contributed by atoms with E-state index in [-0.39, 0.29) is 12.2 Å². The third-order valence-electron chi connectivity index (χ3n) is 4.11. The van der Waals surface area contributed by atoms with Gasteiger partial charge in [-0.2, -0.15) is 5.26 Å². The summed E-state index contributed by atoms with van der Waals surface area (Å²) in [7, 11) is -1.77. The second kappa shape index (κ2) is 6.31. The number of nitrogens with zero attached hydrogens (tertiary/aromatic N) is 2. The van der Waals surface area contributed by atoms with Gasteiger partial charge in [-0.25, -0.2) is 13.1 Å². The fourth-order valence-corrected chi connectivity index (χ4v) is 3.74. The zero-order chi connectivity index (χ0) is 18.2. The molecule has 128 valence electrons. The van der Waals surface area contributed by atoms with E-state index >= 15 is 0 Å². The van der Waals surface area contributed by atoms with E-state index < -0.39 is 16.1 Å². The van der Waals surface area contributed by atoms with Crippen molar-refractivity contribution in [2.24, 2.45) is 0 Å². The molecule has 3 rings (SSSR count). The Labute approximate surface area is 146 Å². The number of allylic oxidation sites excluding steroid dienone is 4. The first kappa shape index (κ1) is 17.1. The molecule has 1 aromatic rings. The summed E-state index contributed by atoms with van der Waals surface area (Å²) in [5.41, 5.74) is 3.50. The molecular formula is C18H17N3O3S. The summed E-state index contributed by atoms with van der Waals surface area (Å²) in [6, 6.07) is 10.7. The average Bonchev–Trinajstić information content (AvgIpc) is 2.54. The zero-order valence-corrected chi connectivity index (χ0v) is 14.7. The smallest absolute Gasteiger partial charge is 0.209 e. The van der Waals surface area contributed by atoms with Crippen molar-refractivity contribution in [2.45, 2.75) is 12.5 Å². The third-order valence-corrected chi connectivity index (χ3v) is 4.79. The Kier molecular flexibility index (Phi) is 4.33. The zero-order valence-electron chi connectivity index (χ0n) is 13.9. The van der Waals surface area contributed by atoms with Gasteiger partial charge in [-0.1, -0.05) is 36.4 Å². The van der Waals surface area contributed by atoms with Gasteiger partial charge >= 0.3 is 0 Å². The summed E-state index contributed by atoms with van der Waals surface area (Å²) < 4.78 is 25.5. The van der Waals surface area contributed by atoms with Crippen molar-refractivity contribution in [2.75, 3.05) is 13.3 Å². The standard InChI is InChI=1S/C18H17N3O3S/c1-21-11-13-8-17(22)15(20-25(2,23)24)9-14(13)18(16(21)10-19)12-6-4-3-5-7-12/h3-7,9,11,15,20H,8H2,1-2H3. The fourth-order valence-electron chi connectivity index (χ4n) is 3.08. The Morgan fingerprint density at radius 1 is 1.28 bits per heavy atom. The second-order valence-electron chi connectivity index (χ2n) is 6.06. The van der Waals surface area contributed by atoms with Crippen molar-refractivity contribution >= 4 is 21.4 Å². The average molecular weight is 355 g/mol. The molecule has 0 aromatic heterocycles. The van der Waals surface area contributed by atoms with Gasteiger partial charge in [0.05, 0.1) is 12.3 Å². The molecule has 7 heteroatoms. The number of nitrogens with one attached hydrogen (secondary N) is 1. The molecule has 1 aromatic carbocycles. The minimum atomic E-state index is -3.53. The minimum absolute atomic E-state index is 0.110.